The Bertz CT molecular complexity index is 327. The fourth-order valence-electron chi connectivity index (χ4n) is 1.25. The van der Waals surface area contributed by atoms with Gasteiger partial charge < -0.3 is 5.11 Å². The molecule has 0 aliphatic rings. The zero-order chi connectivity index (χ0) is 11.5. The van der Waals surface area contributed by atoms with Crippen LogP contribution in [-0.2, 0) is 0 Å². The van der Waals surface area contributed by atoms with Crippen molar-refractivity contribution in [3.8, 4) is 0 Å². The zero-order valence-electron chi connectivity index (χ0n) is 9.07. The van der Waals surface area contributed by atoms with Crippen molar-refractivity contribution in [2.45, 2.75) is 43.1 Å². The van der Waals surface area contributed by atoms with Crippen LogP contribution in [0.1, 0.15) is 27.2 Å². The normalized spacial score (nSPS) is 13.9. The lowest BCUT2D eigenvalue weighted by Gasteiger charge is -2.27. The van der Waals surface area contributed by atoms with E-state index in [9.17, 15) is 5.11 Å². The van der Waals surface area contributed by atoms with Gasteiger partial charge >= 0.3 is 0 Å². The van der Waals surface area contributed by atoms with E-state index in [1.165, 1.54) is 6.33 Å². The predicted octanol–water partition coefficient (Wildman–Crippen LogP) is 2.88. The Labute approximate surface area is 103 Å². The van der Waals surface area contributed by atoms with E-state index in [0.29, 0.717) is 0 Å². The van der Waals surface area contributed by atoms with Gasteiger partial charge in [0, 0.05) is 11.4 Å². The highest BCUT2D eigenvalue weighted by Crippen LogP contribution is 2.34. The number of halogens is 1. The molecule has 5 heteroatoms. The molecular weight excluding hydrogens is 276 g/mol. The molecule has 0 amide bonds. The number of nitrogens with zero attached hydrogens (tertiary/aromatic N) is 2. The van der Waals surface area contributed by atoms with Gasteiger partial charge in [-0.15, -0.1) is 0 Å². The standard InChI is InChI=1S/C10H15BrN2OS/c1-4-8(10(2,3)14)15-9-7(11)5-12-6-13-9/h5-6,8,14H,4H2,1-3H3. The Kier molecular flexibility index (Phi) is 4.55. The second kappa shape index (κ2) is 5.27. The molecule has 1 aromatic rings. The Balaban J connectivity index is 2.80. The molecule has 0 aliphatic heterocycles. The highest BCUT2D eigenvalue weighted by atomic mass is 79.9. The zero-order valence-corrected chi connectivity index (χ0v) is 11.5. The van der Waals surface area contributed by atoms with Crippen molar-refractivity contribution < 1.29 is 5.11 Å². The van der Waals surface area contributed by atoms with E-state index >= 15 is 0 Å². The van der Waals surface area contributed by atoms with E-state index in [1.54, 1.807) is 18.0 Å². The molecule has 1 atom stereocenters. The Morgan fingerprint density at radius 2 is 2.27 bits per heavy atom. The maximum absolute atomic E-state index is 9.95. The average Bonchev–Trinajstić information content (AvgIpc) is 2.14. The molecule has 0 aromatic carbocycles. The van der Waals surface area contributed by atoms with Gasteiger partial charge in [-0.1, -0.05) is 18.7 Å². The van der Waals surface area contributed by atoms with Gasteiger partial charge in [0.2, 0.25) is 0 Å². The van der Waals surface area contributed by atoms with Crippen LogP contribution in [0.4, 0.5) is 0 Å². The van der Waals surface area contributed by atoms with Gasteiger partial charge in [0.15, 0.2) is 0 Å². The molecule has 1 aromatic heterocycles. The smallest absolute Gasteiger partial charge is 0.116 e. The quantitative estimate of drug-likeness (QED) is 0.684. The van der Waals surface area contributed by atoms with E-state index in [-0.39, 0.29) is 5.25 Å². The lowest BCUT2D eigenvalue weighted by atomic mass is 10.0. The van der Waals surface area contributed by atoms with Gasteiger partial charge in [-0.3, -0.25) is 0 Å². The number of hydrogen-bond donors (Lipinski definition) is 1. The van der Waals surface area contributed by atoms with E-state index in [4.69, 9.17) is 0 Å². The summed E-state index contributed by atoms with van der Waals surface area (Å²) >= 11 is 4.97. The second-order valence-corrected chi connectivity index (χ2v) is 5.89. The minimum Gasteiger partial charge on any atom is -0.389 e. The molecule has 0 saturated heterocycles. The molecule has 0 radical (unpaired) electrons. The van der Waals surface area contributed by atoms with Crippen molar-refractivity contribution in [3.05, 3.63) is 17.0 Å². The average molecular weight is 291 g/mol. The van der Waals surface area contributed by atoms with Crippen LogP contribution in [0.3, 0.4) is 0 Å². The maximum atomic E-state index is 9.95. The van der Waals surface area contributed by atoms with Crippen LogP contribution in [0.15, 0.2) is 22.0 Å². The summed E-state index contributed by atoms with van der Waals surface area (Å²) in [5.74, 6) is 0. The lowest BCUT2D eigenvalue weighted by molar-refractivity contribution is 0.0766. The monoisotopic (exact) mass is 290 g/mol. The highest BCUT2D eigenvalue weighted by molar-refractivity contribution is 9.10. The summed E-state index contributed by atoms with van der Waals surface area (Å²) in [6.45, 7) is 5.71. The van der Waals surface area contributed by atoms with E-state index in [1.807, 2.05) is 13.8 Å². The molecule has 0 aliphatic carbocycles. The summed E-state index contributed by atoms with van der Waals surface area (Å²) in [5.41, 5.74) is -0.705. The Hall–Kier alpha value is -0.130. The fourth-order valence-corrected chi connectivity index (χ4v) is 2.75. The first-order valence-corrected chi connectivity index (χ1v) is 6.47. The summed E-state index contributed by atoms with van der Waals surface area (Å²) in [7, 11) is 0. The Morgan fingerprint density at radius 1 is 1.60 bits per heavy atom. The van der Waals surface area contributed by atoms with Crippen molar-refractivity contribution in [1.29, 1.82) is 0 Å². The molecule has 0 saturated carbocycles. The number of rotatable bonds is 4. The summed E-state index contributed by atoms with van der Waals surface area (Å²) in [6.07, 6.45) is 4.13. The molecule has 84 valence electrons. The highest BCUT2D eigenvalue weighted by Gasteiger charge is 2.27. The third-order valence-corrected chi connectivity index (χ3v) is 4.63. The molecule has 1 N–H and O–H groups in total. The van der Waals surface area contributed by atoms with Crippen LogP contribution >= 0.6 is 27.7 Å². The van der Waals surface area contributed by atoms with E-state index in [2.05, 4.69) is 32.8 Å². The molecule has 0 fully saturated rings. The number of aromatic nitrogens is 2. The fraction of sp³-hybridized carbons (Fsp3) is 0.600. The van der Waals surface area contributed by atoms with Gasteiger partial charge in [0.25, 0.3) is 0 Å². The van der Waals surface area contributed by atoms with Crippen LogP contribution in [0.2, 0.25) is 0 Å². The molecule has 1 heterocycles. The van der Waals surface area contributed by atoms with Crippen molar-refractivity contribution in [1.82, 2.24) is 9.97 Å². The Morgan fingerprint density at radius 3 is 2.73 bits per heavy atom. The SMILES string of the molecule is CCC(Sc1ncncc1Br)C(C)(C)O. The van der Waals surface area contributed by atoms with Crippen molar-refractivity contribution >= 4 is 27.7 Å². The van der Waals surface area contributed by atoms with Crippen molar-refractivity contribution in [3.63, 3.8) is 0 Å². The summed E-state index contributed by atoms with van der Waals surface area (Å²) < 4.78 is 0.873. The number of aliphatic hydroxyl groups is 1. The number of thioether (sulfide) groups is 1. The van der Waals surface area contributed by atoms with Crippen LogP contribution in [0.5, 0.6) is 0 Å². The minimum atomic E-state index is -0.705. The van der Waals surface area contributed by atoms with Gasteiger partial charge in [-0.05, 0) is 36.2 Å². The van der Waals surface area contributed by atoms with Gasteiger partial charge in [-0.25, -0.2) is 9.97 Å². The summed E-state index contributed by atoms with van der Waals surface area (Å²) in [5, 5.41) is 11.0. The summed E-state index contributed by atoms with van der Waals surface area (Å²) in [4.78, 5) is 8.08. The van der Waals surface area contributed by atoms with Gasteiger partial charge in [-0.2, -0.15) is 0 Å². The van der Waals surface area contributed by atoms with E-state index in [0.717, 1.165) is 15.9 Å². The summed E-state index contributed by atoms with van der Waals surface area (Å²) in [6, 6.07) is 0. The molecular formula is C10H15BrN2OS. The topological polar surface area (TPSA) is 46.0 Å². The third kappa shape index (κ3) is 3.74. The van der Waals surface area contributed by atoms with Gasteiger partial charge in [0.05, 0.1) is 10.1 Å². The lowest BCUT2D eigenvalue weighted by Crippen LogP contribution is -2.32. The van der Waals surface area contributed by atoms with E-state index < -0.39 is 5.60 Å². The largest absolute Gasteiger partial charge is 0.389 e. The van der Waals surface area contributed by atoms with Gasteiger partial charge in [0.1, 0.15) is 11.4 Å². The number of hydrogen-bond acceptors (Lipinski definition) is 4. The third-order valence-electron chi connectivity index (χ3n) is 2.05. The van der Waals surface area contributed by atoms with Crippen molar-refractivity contribution in [2.24, 2.45) is 0 Å². The minimum absolute atomic E-state index is 0.128. The molecule has 0 bridgehead atoms. The molecule has 1 unspecified atom stereocenters. The van der Waals surface area contributed by atoms with Crippen LogP contribution in [0, 0.1) is 0 Å². The maximum Gasteiger partial charge on any atom is 0.116 e. The molecule has 3 nitrogen and oxygen atoms in total. The predicted molar refractivity (Wildman–Crippen MR) is 66.0 cm³/mol. The van der Waals surface area contributed by atoms with Crippen LogP contribution in [0.25, 0.3) is 0 Å². The van der Waals surface area contributed by atoms with Crippen LogP contribution in [-0.4, -0.2) is 25.9 Å². The first kappa shape index (κ1) is 12.9. The molecule has 0 spiro atoms. The van der Waals surface area contributed by atoms with Crippen LogP contribution < -0.4 is 0 Å². The molecule has 15 heavy (non-hydrogen) atoms. The first-order valence-electron chi connectivity index (χ1n) is 4.79. The second-order valence-electron chi connectivity index (χ2n) is 3.84. The first-order chi connectivity index (χ1) is 6.95. The molecule has 1 rings (SSSR count). The van der Waals surface area contributed by atoms with Crippen molar-refractivity contribution in [2.75, 3.05) is 0 Å².